The van der Waals surface area contributed by atoms with Gasteiger partial charge in [-0.2, -0.15) is 0 Å². The number of rotatable bonds is 5. The van der Waals surface area contributed by atoms with Gasteiger partial charge in [-0.15, -0.1) is 0 Å². The van der Waals surface area contributed by atoms with E-state index in [1.54, 1.807) is 4.90 Å². The SMILES string of the molecule is CCCN(CC(N)=NO)C(=O)C1Cc2ccccc2O1. The van der Waals surface area contributed by atoms with Gasteiger partial charge in [0.1, 0.15) is 5.75 Å². The first kappa shape index (κ1) is 14.2. The second kappa shape index (κ2) is 6.27. The van der Waals surface area contributed by atoms with Crippen LogP contribution < -0.4 is 10.5 Å². The molecule has 1 amide bonds. The van der Waals surface area contributed by atoms with Crippen LogP contribution in [0.1, 0.15) is 18.9 Å². The average molecular weight is 277 g/mol. The molecule has 20 heavy (non-hydrogen) atoms. The molecule has 0 aliphatic carbocycles. The average Bonchev–Trinajstić information content (AvgIpc) is 2.89. The lowest BCUT2D eigenvalue weighted by atomic mass is 10.1. The molecule has 0 bridgehead atoms. The van der Waals surface area contributed by atoms with Crippen molar-refractivity contribution < 1.29 is 14.7 Å². The summed E-state index contributed by atoms with van der Waals surface area (Å²) in [4.78, 5) is 14.0. The molecular formula is C14H19N3O3. The number of hydrogen-bond donors (Lipinski definition) is 2. The number of fused-ring (bicyclic) bond motifs is 1. The fraction of sp³-hybridized carbons (Fsp3) is 0.429. The molecule has 1 aliphatic heterocycles. The largest absolute Gasteiger partial charge is 0.480 e. The topological polar surface area (TPSA) is 88.1 Å². The lowest BCUT2D eigenvalue weighted by molar-refractivity contribution is -0.137. The Morgan fingerprint density at radius 2 is 2.30 bits per heavy atom. The molecule has 0 spiro atoms. The second-order valence-corrected chi connectivity index (χ2v) is 4.77. The molecule has 1 aromatic carbocycles. The molecule has 0 saturated heterocycles. The predicted octanol–water partition coefficient (Wildman–Crippen LogP) is 0.975. The number of carbonyl (C=O) groups is 1. The number of nitrogens with zero attached hydrogens (tertiary/aromatic N) is 2. The summed E-state index contributed by atoms with van der Waals surface area (Å²) in [6, 6.07) is 7.62. The van der Waals surface area contributed by atoms with E-state index in [2.05, 4.69) is 5.16 Å². The smallest absolute Gasteiger partial charge is 0.264 e. The Balaban J connectivity index is 2.06. The van der Waals surface area contributed by atoms with Crippen LogP contribution in [-0.4, -0.2) is 41.0 Å². The lowest BCUT2D eigenvalue weighted by Gasteiger charge is -2.24. The maximum atomic E-state index is 12.5. The number of nitrogens with two attached hydrogens (primary N) is 1. The van der Waals surface area contributed by atoms with Gasteiger partial charge in [-0.25, -0.2) is 0 Å². The van der Waals surface area contributed by atoms with E-state index in [0.29, 0.717) is 13.0 Å². The van der Waals surface area contributed by atoms with Crippen molar-refractivity contribution in [3.8, 4) is 5.75 Å². The summed E-state index contributed by atoms with van der Waals surface area (Å²) in [6.07, 6.45) is 0.834. The number of hydrogen-bond acceptors (Lipinski definition) is 4. The van der Waals surface area contributed by atoms with E-state index in [4.69, 9.17) is 15.7 Å². The monoisotopic (exact) mass is 277 g/mol. The number of ether oxygens (including phenoxy) is 1. The summed E-state index contributed by atoms with van der Waals surface area (Å²) >= 11 is 0. The summed E-state index contributed by atoms with van der Waals surface area (Å²) in [6.45, 7) is 2.63. The normalized spacial score (nSPS) is 17.4. The van der Waals surface area contributed by atoms with E-state index < -0.39 is 6.10 Å². The Morgan fingerprint density at radius 1 is 1.55 bits per heavy atom. The minimum Gasteiger partial charge on any atom is -0.480 e. The van der Waals surface area contributed by atoms with Gasteiger partial charge in [-0.05, 0) is 18.1 Å². The van der Waals surface area contributed by atoms with Crippen LogP contribution in [0.2, 0.25) is 0 Å². The number of benzene rings is 1. The third kappa shape index (κ3) is 3.01. The van der Waals surface area contributed by atoms with Crippen LogP contribution in [0.3, 0.4) is 0 Å². The van der Waals surface area contributed by atoms with Crippen LogP contribution >= 0.6 is 0 Å². The molecule has 2 rings (SSSR count). The highest BCUT2D eigenvalue weighted by molar-refractivity contribution is 5.89. The van der Waals surface area contributed by atoms with Crippen LogP contribution in [0.25, 0.3) is 0 Å². The first-order valence-corrected chi connectivity index (χ1v) is 6.65. The van der Waals surface area contributed by atoms with Crippen molar-refractivity contribution in [1.82, 2.24) is 4.90 Å². The molecule has 1 unspecified atom stereocenters. The molecule has 0 aromatic heterocycles. The molecule has 0 radical (unpaired) electrons. The van der Waals surface area contributed by atoms with Gasteiger partial charge in [0.05, 0.1) is 6.54 Å². The minimum absolute atomic E-state index is 0.0160. The van der Waals surface area contributed by atoms with Crippen LogP contribution in [0.4, 0.5) is 0 Å². The Hall–Kier alpha value is -2.24. The Labute approximate surface area is 117 Å². The fourth-order valence-electron chi connectivity index (χ4n) is 2.29. The van der Waals surface area contributed by atoms with E-state index in [9.17, 15) is 4.79 Å². The van der Waals surface area contributed by atoms with Gasteiger partial charge in [-0.1, -0.05) is 30.3 Å². The minimum atomic E-state index is -0.523. The van der Waals surface area contributed by atoms with Crippen molar-refractivity contribution >= 4 is 11.7 Å². The zero-order valence-electron chi connectivity index (χ0n) is 11.5. The van der Waals surface area contributed by atoms with E-state index in [1.807, 2.05) is 31.2 Å². The summed E-state index contributed by atoms with van der Waals surface area (Å²) < 4.78 is 5.68. The van der Waals surface area contributed by atoms with E-state index >= 15 is 0 Å². The Bertz CT molecular complexity index is 491. The Morgan fingerprint density at radius 3 is 2.95 bits per heavy atom. The first-order valence-electron chi connectivity index (χ1n) is 6.65. The number of carbonyl (C=O) groups excluding carboxylic acids is 1. The van der Waals surface area contributed by atoms with Crippen molar-refractivity contribution in [2.24, 2.45) is 10.9 Å². The van der Waals surface area contributed by atoms with Gasteiger partial charge >= 0.3 is 0 Å². The third-order valence-corrected chi connectivity index (χ3v) is 3.21. The van der Waals surface area contributed by atoms with Gasteiger partial charge in [0.25, 0.3) is 5.91 Å². The highest BCUT2D eigenvalue weighted by Gasteiger charge is 2.32. The van der Waals surface area contributed by atoms with Crippen LogP contribution in [0.5, 0.6) is 5.75 Å². The number of para-hydroxylation sites is 1. The zero-order chi connectivity index (χ0) is 14.5. The van der Waals surface area contributed by atoms with Crippen molar-refractivity contribution in [2.45, 2.75) is 25.9 Å². The standard InChI is InChI=1S/C14H19N3O3/c1-2-7-17(9-13(15)16-19)14(18)12-8-10-5-3-4-6-11(10)20-12/h3-6,12,19H,2,7-9H2,1H3,(H2,15,16). The lowest BCUT2D eigenvalue weighted by Crippen LogP contribution is -2.45. The number of amides is 1. The van der Waals surface area contributed by atoms with E-state index in [1.165, 1.54) is 0 Å². The molecule has 1 aliphatic rings. The predicted molar refractivity (Wildman–Crippen MR) is 74.8 cm³/mol. The van der Waals surface area contributed by atoms with Gasteiger partial charge in [-0.3, -0.25) is 4.79 Å². The van der Waals surface area contributed by atoms with E-state index in [0.717, 1.165) is 17.7 Å². The maximum Gasteiger partial charge on any atom is 0.264 e. The Kier molecular flexibility index (Phi) is 4.45. The van der Waals surface area contributed by atoms with Crippen molar-refractivity contribution in [3.63, 3.8) is 0 Å². The van der Waals surface area contributed by atoms with Crippen molar-refractivity contribution in [2.75, 3.05) is 13.1 Å². The fourth-order valence-corrected chi connectivity index (χ4v) is 2.29. The molecule has 108 valence electrons. The maximum absolute atomic E-state index is 12.5. The van der Waals surface area contributed by atoms with Crippen LogP contribution in [0, 0.1) is 0 Å². The molecule has 0 saturated carbocycles. The van der Waals surface area contributed by atoms with E-state index in [-0.39, 0.29) is 18.3 Å². The molecule has 0 fully saturated rings. The van der Waals surface area contributed by atoms with Crippen LogP contribution in [-0.2, 0) is 11.2 Å². The number of amidine groups is 1. The van der Waals surface area contributed by atoms with Gasteiger partial charge in [0, 0.05) is 13.0 Å². The van der Waals surface area contributed by atoms with Crippen molar-refractivity contribution in [3.05, 3.63) is 29.8 Å². The summed E-state index contributed by atoms with van der Waals surface area (Å²) in [5.41, 5.74) is 6.52. The molecule has 1 atom stereocenters. The van der Waals surface area contributed by atoms with Crippen LogP contribution in [0.15, 0.2) is 29.4 Å². The van der Waals surface area contributed by atoms with Gasteiger partial charge in [0.2, 0.25) is 0 Å². The molecule has 1 heterocycles. The molecule has 1 aromatic rings. The van der Waals surface area contributed by atoms with Crippen molar-refractivity contribution in [1.29, 1.82) is 0 Å². The zero-order valence-corrected chi connectivity index (χ0v) is 11.5. The van der Waals surface area contributed by atoms with Gasteiger partial charge < -0.3 is 20.6 Å². The first-order chi connectivity index (χ1) is 9.65. The second-order valence-electron chi connectivity index (χ2n) is 4.77. The summed E-state index contributed by atoms with van der Waals surface area (Å²) in [5.74, 6) is 0.642. The molecule has 6 nitrogen and oxygen atoms in total. The highest BCUT2D eigenvalue weighted by atomic mass is 16.5. The quantitative estimate of drug-likeness (QED) is 0.363. The highest BCUT2D eigenvalue weighted by Crippen LogP contribution is 2.28. The summed E-state index contributed by atoms with van der Waals surface area (Å²) in [5, 5.41) is 11.6. The number of oxime groups is 1. The molecular weight excluding hydrogens is 258 g/mol. The summed E-state index contributed by atoms with van der Waals surface area (Å²) in [7, 11) is 0. The molecule has 3 N–H and O–H groups in total. The third-order valence-electron chi connectivity index (χ3n) is 3.21. The van der Waals surface area contributed by atoms with Gasteiger partial charge in [0.15, 0.2) is 11.9 Å². The molecule has 6 heteroatoms.